The van der Waals surface area contributed by atoms with Crippen LogP contribution in [0.1, 0.15) is 11.3 Å². The Balaban J connectivity index is 1.87. The van der Waals surface area contributed by atoms with Gasteiger partial charge < -0.3 is 10.4 Å². The fourth-order valence-corrected chi connectivity index (χ4v) is 3.21. The molecule has 0 radical (unpaired) electrons. The Labute approximate surface area is 141 Å². The lowest BCUT2D eigenvalue weighted by atomic mass is 9.89. The van der Waals surface area contributed by atoms with Crippen LogP contribution >= 0.6 is 11.6 Å². The summed E-state index contributed by atoms with van der Waals surface area (Å²) < 4.78 is 0. The SMILES string of the molecule is O=C1Nc2ccc(Cl)cc2C1(O)Cc1n[nH]c(=O)c2ccccc12. The lowest BCUT2D eigenvalue weighted by Gasteiger charge is -2.21. The summed E-state index contributed by atoms with van der Waals surface area (Å²) in [6.45, 7) is 0. The maximum atomic E-state index is 12.4. The van der Waals surface area contributed by atoms with E-state index in [1.807, 2.05) is 0 Å². The number of aromatic nitrogens is 2. The molecule has 1 amide bonds. The second-order valence-electron chi connectivity index (χ2n) is 5.73. The van der Waals surface area contributed by atoms with Gasteiger partial charge in [-0.2, -0.15) is 5.10 Å². The van der Waals surface area contributed by atoms with Gasteiger partial charge in [0.2, 0.25) is 0 Å². The first-order valence-electron chi connectivity index (χ1n) is 7.29. The van der Waals surface area contributed by atoms with Gasteiger partial charge in [-0.3, -0.25) is 9.59 Å². The Bertz CT molecular complexity index is 1050. The van der Waals surface area contributed by atoms with E-state index in [4.69, 9.17) is 11.6 Å². The quantitative estimate of drug-likeness (QED) is 0.664. The first kappa shape index (κ1) is 14.9. The number of H-pyrrole nitrogens is 1. The summed E-state index contributed by atoms with van der Waals surface area (Å²) >= 11 is 6.00. The largest absolute Gasteiger partial charge is 0.375 e. The van der Waals surface area contributed by atoms with Crippen LogP contribution in [0.3, 0.4) is 0 Å². The number of nitrogens with one attached hydrogen (secondary N) is 2. The van der Waals surface area contributed by atoms with Crippen LogP contribution in [0, 0.1) is 0 Å². The van der Waals surface area contributed by atoms with Gasteiger partial charge in [0, 0.05) is 28.1 Å². The van der Waals surface area contributed by atoms with Crippen LogP contribution in [-0.4, -0.2) is 21.2 Å². The second kappa shape index (κ2) is 5.15. The van der Waals surface area contributed by atoms with Gasteiger partial charge in [-0.15, -0.1) is 0 Å². The van der Waals surface area contributed by atoms with Gasteiger partial charge in [-0.25, -0.2) is 5.10 Å². The van der Waals surface area contributed by atoms with Crippen molar-refractivity contribution in [1.29, 1.82) is 0 Å². The van der Waals surface area contributed by atoms with E-state index in [9.17, 15) is 14.7 Å². The van der Waals surface area contributed by atoms with Gasteiger partial charge >= 0.3 is 0 Å². The Kier molecular flexibility index (Phi) is 3.19. The predicted molar refractivity (Wildman–Crippen MR) is 90.0 cm³/mol. The van der Waals surface area contributed by atoms with E-state index in [0.717, 1.165) is 0 Å². The van der Waals surface area contributed by atoms with Gasteiger partial charge in [0.05, 0.1) is 11.1 Å². The van der Waals surface area contributed by atoms with Gasteiger partial charge in [0.15, 0.2) is 5.60 Å². The molecule has 2 aromatic carbocycles. The van der Waals surface area contributed by atoms with E-state index in [1.54, 1.807) is 42.5 Å². The molecule has 1 aliphatic rings. The molecule has 1 unspecified atom stereocenters. The van der Waals surface area contributed by atoms with Crippen LogP contribution in [0.25, 0.3) is 10.8 Å². The van der Waals surface area contributed by atoms with E-state index in [-0.39, 0.29) is 12.0 Å². The Morgan fingerprint density at radius 1 is 1.12 bits per heavy atom. The molecule has 0 spiro atoms. The van der Waals surface area contributed by atoms with Crippen LogP contribution < -0.4 is 10.9 Å². The van der Waals surface area contributed by atoms with Crippen molar-refractivity contribution >= 4 is 34.0 Å². The average molecular weight is 342 g/mol. The molecule has 24 heavy (non-hydrogen) atoms. The highest BCUT2D eigenvalue weighted by atomic mass is 35.5. The fourth-order valence-electron chi connectivity index (χ4n) is 3.04. The number of anilines is 1. The Hall–Kier alpha value is -2.70. The minimum absolute atomic E-state index is 0.0799. The lowest BCUT2D eigenvalue weighted by molar-refractivity contribution is -0.133. The third kappa shape index (κ3) is 2.11. The number of hydrogen-bond acceptors (Lipinski definition) is 4. The molecule has 1 aromatic heterocycles. The highest BCUT2D eigenvalue weighted by Gasteiger charge is 2.46. The zero-order valence-electron chi connectivity index (χ0n) is 12.3. The van der Waals surface area contributed by atoms with Crippen LogP contribution in [0.5, 0.6) is 0 Å². The molecule has 3 aromatic rings. The summed E-state index contributed by atoms with van der Waals surface area (Å²) in [7, 11) is 0. The molecule has 6 nitrogen and oxygen atoms in total. The molecule has 120 valence electrons. The summed E-state index contributed by atoms with van der Waals surface area (Å²) in [5.74, 6) is -0.545. The fraction of sp³-hybridized carbons (Fsp3) is 0.118. The second-order valence-corrected chi connectivity index (χ2v) is 6.16. The third-order valence-corrected chi connectivity index (χ3v) is 4.48. The van der Waals surface area contributed by atoms with Crippen LogP contribution in [-0.2, 0) is 16.8 Å². The van der Waals surface area contributed by atoms with Crippen LogP contribution in [0.4, 0.5) is 5.69 Å². The number of halogens is 1. The maximum absolute atomic E-state index is 12.4. The smallest absolute Gasteiger partial charge is 0.272 e. The summed E-state index contributed by atoms with van der Waals surface area (Å²) in [5, 5.41) is 21.6. The molecule has 2 heterocycles. The highest BCUT2D eigenvalue weighted by molar-refractivity contribution is 6.31. The number of carbonyl (C=O) groups is 1. The molecule has 4 rings (SSSR count). The van der Waals surface area contributed by atoms with Crippen molar-refractivity contribution in [1.82, 2.24) is 10.2 Å². The minimum atomic E-state index is -1.80. The molecule has 0 saturated carbocycles. The van der Waals surface area contributed by atoms with Crippen molar-refractivity contribution in [3.8, 4) is 0 Å². The number of carbonyl (C=O) groups excluding carboxylic acids is 1. The van der Waals surface area contributed by atoms with E-state index < -0.39 is 11.5 Å². The zero-order chi connectivity index (χ0) is 16.9. The molecule has 1 atom stereocenters. The lowest BCUT2D eigenvalue weighted by Crippen LogP contribution is -2.37. The summed E-state index contributed by atoms with van der Waals surface area (Å²) in [6.07, 6.45) is -0.0799. The number of amides is 1. The summed E-state index contributed by atoms with van der Waals surface area (Å²) in [6, 6.07) is 11.8. The summed E-state index contributed by atoms with van der Waals surface area (Å²) in [4.78, 5) is 24.2. The predicted octanol–water partition coefficient (Wildman–Crippen LogP) is 1.96. The molecule has 3 N–H and O–H groups in total. The number of fused-ring (bicyclic) bond motifs is 2. The van der Waals surface area contributed by atoms with Crippen molar-refractivity contribution in [2.45, 2.75) is 12.0 Å². The average Bonchev–Trinajstić information content (AvgIpc) is 2.82. The molecule has 1 aliphatic heterocycles. The van der Waals surface area contributed by atoms with E-state index in [0.29, 0.717) is 32.7 Å². The van der Waals surface area contributed by atoms with Crippen molar-refractivity contribution in [2.75, 3.05) is 5.32 Å². The molecule has 7 heteroatoms. The Morgan fingerprint density at radius 3 is 2.67 bits per heavy atom. The number of rotatable bonds is 2. The monoisotopic (exact) mass is 341 g/mol. The van der Waals surface area contributed by atoms with Crippen molar-refractivity contribution in [3.05, 3.63) is 69.1 Å². The van der Waals surface area contributed by atoms with Crippen molar-refractivity contribution in [2.24, 2.45) is 0 Å². The molecule has 0 fully saturated rings. The molecule has 0 bridgehead atoms. The standard InChI is InChI=1S/C17H12ClN3O3/c18-9-5-6-13-12(7-9)17(24,16(23)19-13)8-14-10-3-1-2-4-11(10)15(22)21-20-14/h1-7,24H,8H2,(H,19,23)(H,21,22). The third-order valence-electron chi connectivity index (χ3n) is 4.25. The van der Waals surface area contributed by atoms with Gasteiger partial charge in [-0.05, 0) is 24.3 Å². The highest BCUT2D eigenvalue weighted by Crippen LogP contribution is 2.40. The van der Waals surface area contributed by atoms with E-state index in [2.05, 4.69) is 15.5 Å². The Morgan fingerprint density at radius 2 is 1.88 bits per heavy atom. The van der Waals surface area contributed by atoms with Crippen molar-refractivity contribution < 1.29 is 9.90 Å². The number of aromatic amines is 1. The van der Waals surface area contributed by atoms with Gasteiger partial charge in [0.1, 0.15) is 0 Å². The minimum Gasteiger partial charge on any atom is -0.375 e. The van der Waals surface area contributed by atoms with Crippen LogP contribution in [0.2, 0.25) is 5.02 Å². The van der Waals surface area contributed by atoms with E-state index >= 15 is 0 Å². The molecular formula is C17H12ClN3O3. The topological polar surface area (TPSA) is 95.1 Å². The zero-order valence-corrected chi connectivity index (χ0v) is 13.1. The first-order chi connectivity index (χ1) is 11.5. The first-order valence-corrected chi connectivity index (χ1v) is 7.67. The van der Waals surface area contributed by atoms with Gasteiger partial charge in [0.25, 0.3) is 11.5 Å². The maximum Gasteiger partial charge on any atom is 0.272 e. The number of aliphatic hydroxyl groups is 1. The summed E-state index contributed by atoms with van der Waals surface area (Å²) in [5.41, 5.74) is -0.775. The molecular weight excluding hydrogens is 330 g/mol. The van der Waals surface area contributed by atoms with Crippen molar-refractivity contribution in [3.63, 3.8) is 0 Å². The number of benzene rings is 2. The van der Waals surface area contributed by atoms with Gasteiger partial charge in [-0.1, -0.05) is 29.8 Å². The number of nitrogens with zero attached hydrogens (tertiary/aromatic N) is 1. The normalized spacial score (nSPS) is 19.3. The molecule has 0 aliphatic carbocycles. The number of hydrogen-bond donors (Lipinski definition) is 3. The molecule has 0 saturated heterocycles. The van der Waals surface area contributed by atoms with E-state index in [1.165, 1.54) is 0 Å². The van der Waals surface area contributed by atoms with Crippen LogP contribution in [0.15, 0.2) is 47.3 Å².